The smallest absolute Gasteiger partial charge is 0.191 e. The van der Waals surface area contributed by atoms with Gasteiger partial charge in [0.15, 0.2) is 5.96 Å². The zero-order valence-electron chi connectivity index (χ0n) is 13.6. The number of aliphatic imine (C=N–C) groups is 1. The van der Waals surface area contributed by atoms with Gasteiger partial charge < -0.3 is 24.8 Å². The molecule has 0 amide bonds. The summed E-state index contributed by atoms with van der Waals surface area (Å²) in [6, 6.07) is 0. The summed E-state index contributed by atoms with van der Waals surface area (Å²) in [4.78, 5) is 4.18. The van der Waals surface area contributed by atoms with Crippen molar-refractivity contribution in [3.05, 3.63) is 0 Å². The van der Waals surface area contributed by atoms with Gasteiger partial charge in [-0.05, 0) is 26.7 Å². The van der Waals surface area contributed by atoms with Gasteiger partial charge in [0.05, 0.1) is 18.3 Å². The Balaban J connectivity index is 0.00000400. The van der Waals surface area contributed by atoms with E-state index in [-0.39, 0.29) is 35.7 Å². The van der Waals surface area contributed by atoms with Crippen LogP contribution < -0.4 is 10.6 Å². The van der Waals surface area contributed by atoms with E-state index in [0.29, 0.717) is 6.54 Å². The first-order chi connectivity index (χ1) is 9.57. The summed E-state index contributed by atoms with van der Waals surface area (Å²) in [5, 5.41) is 6.51. The minimum absolute atomic E-state index is 0. The molecule has 6 nitrogen and oxygen atoms in total. The van der Waals surface area contributed by atoms with Gasteiger partial charge in [-0.25, -0.2) is 0 Å². The summed E-state index contributed by atoms with van der Waals surface area (Å²) in [6.45, 7) is 7.93. The lowest BCUT2D eigenvalue weighted by molar-refractivity contribution is 0.0267. The molecule has 1 atom stereocenters. The van der Waals surface area contributed by atoms with E-state index >= 15 is 0 Å². The van der Waals surface area contributed by atoms with Crippen molar-refractivity contribution in [2.75, 3.05) is 47.1 Å². The maximum atomic E-state index is 5.70. The first-order valence-electron chi connectivity index (χ1n) is 7.26. The molecule has 1 rings (SSSR count). The molecular formula is C14H30IN3O3. The first-order valence-corrected chi connectivity index (χ1v) is 7.26. The van der Waals surface area contributed by atoms with E-state index in [1.165, 1.54) is 0 Å². The number of hydrogen-bond donors (Lipinski definition) is 2. The van der Waals surface area contributed by atoms with Crippen LogP contribution in [0.5, 0.6) is 0 Å². The van der Waals surface area contributed by atoms with Crippen molar-refractivity contribution in [2.24, 2.45) is 4.99 Å². The molecule has 0 radical (unpaired) electrons. The fraction of sp³-hybridized carbons (Fsp3) is 0.929. The van der Waals surface area contributed by atoms with Crippen LogP contribution in [0.25, 0.3) is 0 Å². The largest absolute Gasteiger partial charge is 0.379 e. The first kappa shape index (κ1) is 20.9. The minimum Gasteiger partial charge on any atom is -0.379 e. The van der Waals surface area contributed by atoms with Gasteiger partial charge in [-0.2, -0.15) is 0 Å². The van der Waals surface area contributed by atoms with Crippen molar-refractivity contribution in [1.82, 2.24) is 10.6 Å². The summed E-state index contributed by atoms with van der Waals surface area (Å²) in [6.07, 6.45) is 2.25. The number of guanidine groups is 1. The SMILES string of the molecule is CN=C(NCCCOC1CCOC1)NCC(C)(C)OC.I. The highest BCUT2D eigenvalue weighted by Gasteiger charge is 2.17. The molecule has 1 aliphatic rings. The Morgan fingerprint density at radius 3 is 2.71 bits per heavy atom. The molecule has 0 aromatic rings. The number of nitrogens with one attached hydrogen (secondary N) is 2. The van der Waals surface area contributed by atoms with Gasteiger partial charge in [-0.1, -0.05) is 0 Å². The molecule has 21 heavy (non-hydrogen) atoms. The van der Waals surface area contributed by atoms with Crippen LogP contribution in [0.15, 0.2) is 4.99 Å². The van der Waals surface area contributed by atoms with E-state index in [1.54, 1.807) is 14.2 Å². The Morgan fingerprint density at radius 1 is 1.38 bits per heavy atom. The molecule has 0 aromatic carbocycles. The van der Waals surface area contributed by atoms with E-state index in [4.69, 9.17) is 14.2 Å². The van der Waals surface area contributed by atoms with E-state index in [2.05, 4.69) is 15.6 Å². The topological polar surface area (TPSA) is 64.1 Å². The van der Waals surface area contributed by atoms with Crippen LogP contribution in [0.1, 0.15) is 26.7 Å². The maximum Gasteiger partial charge on any atom is 0.191 e. The molecule has 2 N–H and O–H groups in total. The fourth-order valence-electron chi connectivity index (χ4n) is 1.76. The fourth-order valence-corrected chi connectivity index (χ4v) is 1.76. The van der Waals surface area contributed by atoms with Crippen LogP contribution >= 0.6 is 24.0 Å². The molecule has 1 fully saturated rings. The predicted octanol–water partition coefficient (Wildman–Crippen LogP) is 1.39. The average molecular weight is 415 g/mol. The Labute approximate surface area is 145 Å². The van der Waals surface area contributed by atoms with Crippen molar-refractivity contribution < 1.29 is 14.2 Å². The number of ether oxygens (including phenoxy) is 3. The molecule has 7 heteroatoms. The van der Waals surface area contributed by atoms with Gasteiger partial charge in [-0.3, -0.25) is 4.99 Å². The molecule has 0 spiro atoms. The van der Waals surface area contributed by atoms with Crippen LogP contribution in [-0.2, 0) is 14.2 Å². The third-order valence-electron chi connectivity index (χ3n) is 3.31. The summed E-state index contributed by atoms with van der Waals surface area (Å²) in [5.74, 6) is 0.791. The van der Waals surface area contributed by atoms with Gasteiger partial charge in [0, 0.05) is 40.5 Å². The zero-order valence-corrected chi connectivity index (χ0v) is 15.9. The lowest BCUT2D eigenvalue weighted by atomic mass is 10.1. The van der Waals surface area contributed by atoms with Crippen LogP contribution in [0.4, 0.5) is 0 Å². The second kappa shape index (κ2) is 11.4. The van der Waals surface area contributed by atoms with E-state index in [0.717, 1.165) is 45.2 Å². The lowest BCUT2D eigenvalue weighted by Crippen LogP contribution is -2.45. The third kappa shape index (κ3) is 9.49. The molecule has 0 bridgehead atoms. The molecule has 126 valence electrons. The van der Waals surface area contributed by atoms with E-state index in [1.807, 2.05) is 13.8 Å². The van der Waals surface area contributed by atoms with Crippen molar-refractivity contribution in [3.8, 4) is 0 Å². The molecule has 1 saturated heterocycles. The molecular weight excluding hydrogens is 385 g/mol. The van der Waals surface area contributed by atoms with Crippen LogP contribution in [0.3, 0.4) is 0 Å². The Kier molecular flexibility index (Phi) is 11.4. The van der Waals surface area contributed by atoms with Crippen LogP contribution in [0.2, 0.25) is 0 Å². The van der Waals surface area contributed by atoms with Crippen LogP contribution in [0, 0.1) is 0 Å². The van der Waals surface area contributed by atoms with Gasteiger partial charge in [0.25, 0.3) is 0 Å². The van der Waals surface area contributed by atoms with Crippen molar-refractivity contribution >= 4 is 29.9 Å². The quantitative estimate of drug-likeness (QED) is 0.272. The standard InChI is InChI=1S/C14H29N3O3.HI/c1-14(2,18-4)11-17-13(15-3)16-7-5-8-20-12-6-9-19-10-12;/h12H,5-11H2,1-4H3,(H2,15,16,17);1H. The van der Waals surface area contributed by atoms with Crippen LogP contribution in [-0.4, -0.2) is 64.7 Å². The number of hydrogen-bond acceptors (Lipinski definition) is 4. The summed E-state index contributed by atoms with van der Waals surface area (Å²) in [7, 11) is 3.48. The van der Waals surface area contributed by atoms with Gasteiger partial charge in [0.1, 0.15) is 0 Å². The highest BCUT2D eigenvalue weighted by Crippen LogP contribution is 2.08. The second-order valence-electron chi connectivity index (χ2n) is 5.53. The van der Waals surface area contributed by atoms with Crippen molar-refractivity contribution in [3.63, 3.8) is 0 Å². The van der Waals surface area contributed by atoms with E-state index in [9.17, 15) is 0 Å². The summed E-state index contributed by atoms with van der Waals surface area (Å²) in [5.41, 5.74) is -0.205. The number of halogens is 1. The molecule has 1 aliphatic heterocycles. The molecule has 1 heterocycles. The normalized spacial score (nSPS) is 19.2. The molecule has 0 saturated carbocycles. The highest BCUT2D eigenvalue weighted by atomic mass is 127. The molecule has 1 unspecified atom stereocenters. The third-order valence-corrected chi connectivity index (χ3v) is 3.31. The summed E-state index contributed by atoms with van der Waals surface area (Å²) >= 11 is 0. The number of rotatable bonds is 8. The second-order valence-corrected chi connectivity index (χ2v) is 5.53. The molecule has 0 aliphatic carbocycles. The highest BCUT2D eigenvalue weighted by molar-refractivity contribution is 14.0. The number of methoxy groups -OCH3 is 1. The monoisotopic (exact) mass is 415 g/mol. The average Bonchev–Trinajstić information content (AvgIpc) is 2.95. The Hall–Kier alpha value is -0.120. The Morgan fingerprint density at radius 2 is 2.14 bits per heavy atom. The maximum absolute atomic E-state index is 5.70. The van der Waals surface area contributed by atoms with Crippen molar-refractivity contribution in [2.45, 2.75) is 38.4 Å². The Bertz CT molecular complexity index is 295. The predicted molar refractivity (Wildman–Crippen MR) is 95.7 cm³/mol. The van der Waals surface area contributed by atoms with E-state index < -0.39 is 0 Å². The number of nitrogens with zero attached hydrogens (tertiary/aromatic N) is 1. The summed E-state index contributed by atoms with van der Waals surface area (Å²) < 4.78 is 16.3. The minimum atomic E-state index is -0.205. The van der Waals surface area contributed by atoms with Crippen molar-refractivity contribution in [1.29, 1.82) is 0 Å². The van der Waals surface area contributed by atoms with Gasteiger partial charge >= 0.3 is 0 Å². The van der Waals surface area contributed by atoms with Gasteiger partial charge in [-0.15, -0.1) is 24.0 Å². The molecule has 0 aromatic heterocycles. The lowest BCUT2D eigenvalue weighted by Gasteiger charge is -2.24. The van der Waals surface area contributed by atoms with Gasteiger partial charge in [0.2, 0.25) is 0 Å². The zero-order chi connectivity index (χ0) is 14.8.